The SMILES string of the molecule is C=c1oc2ccccc2/c1=C/C. The maximum absolute atomic E-state index is 5.45. The van der Waals surface area contributed by atoms with E-state index in [1.165, 1.54) is 0 Å². The Balaban J connectivity index is 3.12. The first-order valence-electron chi connectivity index (χ1n) is 3.96. The molecule has 0 bridgehead atoms. The lowest BCUT2D eigenvalue weighted by atomic mass is 10.2. The lowest BCUT2D eigenvalue weighted by molar-refractivity contribution is 0.577. The van der Waals surface area contributed by atoms with Gasteiger partial charge in [-0.15, -0.1) is 0 Å². The van der Waals surface area contributed by atoms with Crippen molar-refractivity contribution < 1.29 is 4.42 Å². The third-order valence-corrected chi connectivity index (χ3v) is 2.00. The van der Waals surface area contributed by atoms with Gasteiger partial charge in [0, 0.05) is 10.6 Å². The fraction of sp³-hybridized carbons (Fsp3) is 0.0909. The first-order valence-corrected chi connectivity index (χ1v) is 3.96. The van der Waals surface area contributed by atoms with Crippen LogP contribution in [0, 0.1) is 0 Å². The molecule has 0 saturated carbocycles. The second-order valence-corrected chi connectivity index (χ2v) is 2.72. The van der Waals surface area contributed by atoms with Gasteiger partial charge in [-0.2, -0.15) is 0 Å². The Labute approximate surface area is 70.6 Å². The summed E-state index contributed by atoms with van der Waals surface area (Å²) in [7, 11) is 0. The quantitative estimate of drug-likeness (QED) is 0.568. The Morgan fingerprint density at radius 3 is 2.83 bits per heavy atom. The molecule has 0 aliphatic carbocycles. The molecule has 0 saturated heterocycles. The Kier molecular flexibility index (Phi) is 1.51. The van der Waals surface area contributed by atoms with Crippen LogP contribution in [0.15, 0.2) is 28.7 Å². The highest BCUT2D eigenvalue weighted by Gasteiger charge is 1.97. The van der Waals surface area contributed by atoms with Crippen molar-refractivity contribution in [2.24, 2.45) is 0 Å². The molecule has 1 nitrogen and oxygen atoms in total. The summed E-state index contributed by atoms with van der Waals surface area (Å²) in [5.74, 6) is 0. The molecule has 0 radical (unpaired) electrons. The van der Waals surface area contributed by atoms with Crippen LogP contribution in [0.25, 0.3) is 23.6 Å². The number of hydrogen-bond acceptors (Lipinski definition) is 1. The van der Waals surface area contributed by atoms with Crippen LogP contribution >= 0.6 is 0 Å². The van der Waals surface area contributed by atoms with Crippen molar-refractivity contribution in [2.75, 3.05) is 0 Å². The fourth-order valence-electron chi connectivity index (χ4n) is 1.43. The number of furan rings is 1. The molecule has 0 spiro atoms. The molecule has 1 aromatic heterocycles. The molecule has 0 unspecified atom stereocenters. The van der Waals surface area contributed by atoms with Gasteiger partial charge in [0.05, 0.1) is 0 Å². The summed E-state index contributed by atoms with van der Waals surface area (Å²) >= 11 is 0. The molecule has 2 rings (SSSR count). The molecule has 0 aliphatic rings. The average Bonchev–Trinajstić information content (AvgIpc) is 2.40. The highest BCUT2D eigenvalue weighted by atomic mass is 16.3. The maximum Gasteiger partial charge on any atom is 0.135 e. The third kappa shape index (κ3) is 0.866. The number of rotatable bonds is 0. The van der Waals surface area contributed by atoms with Crippen molar-refractivity contribution >= 4 is 23.6 Å². The van der Waals surface area contributed by atoms with E-state index in [1.807, 2.05) is 37.3 Å². The lowest BCUT2D eigenvalue weighted by Crippen LogP contribution is -2.16. The van der Waals surface area contributed by atoms with Gasteiger partial charge < -0.3 is 4.42 Å². The van der Waals surface area contributed by atoms with E-state index in [-0.39, 0.29) is 0 Å². The molecule has 0 fully saturated rings. The number of para-hydroxylation sites is 1. The van der Waals surface area contributed by atoms with E-state index in [0.29, 0.717) is 0 Å². The molecular formula is C11H10O. The van der Waals surface area contributed by atoms with Gasteiger partial charge in [0.25, 0.3) is 0 Å². The van der Waals surface area contributed by atoms with Gasteiger partial charge in [-0.1, -0.05) is 30.9 Å². The predicted octanol–water partition coefficient (Wildman–Crippen LogP) is 1.64. The maximum atomic E-state index is 5.45. The van der Waals surface area contributed by atoms with Crippen molar-refractivity contribution in [1.29, 1.82) is 0 Å². The van der Waals surface area contributed by atoms with Gasteiger partial charge in [-0.3, -0.25) is 0 Å². The summed E-state index contributed by atoms with van der Waals surface area (Å²) in [4.78, 5) is 0. The van der Waals surface area contributed by atoms with E-state index in [2.05, 4.69) is 6.58 Å². The van der Waals surface area contributed by atoms with Crippen molar-refractivity contribution in [1.82, 2.24) is 0 Å². The molecular weight excluding hydrogens is 148 g/mol. The van der Waals surface area contributed by atoms with Crippen molar-refractivity contribution in [3.05, 3.63) is 34.9 Å². The van der Waals surface area contributed by atoms with Crippen LogP contribution in [-0.2, 0) is 0 Å². The summed E-state index contributed by atoms with van der Waals surface area (Å²) in [6.07, 6.45) is 2.02. The normalized spacial score (nSPS) is 12.6. The van der Waals surface area contributed by atoms with Crippen molar-refractivity contribution in [3.63, 3.8) is 0 Å². The smallest absolute Gasteiger partial charge is 0.135 e. The molecule has 1 heteroatoms. The van der Waals surface area contributed by atoms with Gasteiger partial charge in [-0.25, -0.2) is 0 Å². The van der Waals surface area contributed by atoms with E-state index < -0.39 is 0 Å². The predicted molar refractivity (Wildman–Crippen MR) is 51.1 cm³/mol. The highest BCUT2D eigenvalue weighted by molar-refractivity contribution is 5.78. The molecule has 0 aliphatic heterocycles. The average molecular weight is 158 g/mol. The van der Waals surface area contributed by atoms with E-state index in [0.717, 1.165) is 21.6 Å². The van der Waals surface area contributed by atoms with E-state index >= 15 is 0 Å². The Morgan fingerprint density at radius 1 is 1.33 bits per heavy atom. The van der Waals surface area contributed by atoms with Crippen LogP contribution in [0.1, 0.15) is 6.92 Å². The molecule has 1 heterocycles. The fourth-order valence-corrected chi connectivity index (χ4v) is 1.43. The molecule has 0 amide bonds. The second kappa shape index (κ2) is 2.52. The van der Waals surface area contributed by atoms with Gasteiger partial charge in [0.1, 0.15) is 11.0 Å². The summed E-state index contributed by atoms with van der Waals surface area (Å²) in [5.41, 5.74) is 1.66. The lowest BCUT2D eigenvalue weighted by Gasteiger charge is -1.82. The summed E-state index contributed by atoms with van der Waals surface area (Å²) < 4.78 is 5.45. The number of fused-ring (bicyclic) bond motifs is 1. The largest absolute Gasteiger partial charge is 0.457 e. The van der Waals surface area contributed by atoms with E-state index in [1.54, 1.807) is 0 Å². The van der Waals surface area contributed by atoms with Gasteiger partial charge in [0.15, 0.2) is 0 Å². The van der Waals surface area contributed by atoms with Crippen LogP contribution in [0.3, 0.4) is 0 Å². The molecule has 60 valence electrons. The van der Waals surface area contributed by atoms with E-state index in [9.17, 15) is 0 Å². The number of benzene rings is 1. The Morgan fingerprint density at radius 2 is 2.08 bits per heavy atom. The summed E-state index contributed by atoms with van der Waals surface area (Å²) in [5, 5.41) is 2.25. The summed E-state index contributed by atoms with van der Waals surface area (Å²) in [6, 6.07) is 7.97. The second-order valence-electron chi connectivity index (χ2n) is 2.72. The van der Waals surface area contributed by atoms with Crippen LogP contribution in [0.4, 0.5) is 0 Å². The highest BCUT2D eigenvalue weighted by Crippen LogP contribution is 2.05. The van der Waals surface area contributed by atoms with Gasteiger partial charge in [-0.05, 0) is 13.0 Å². The van der Waals surface area contributed by atoms with Crippen LogP contribution in [-0.4, -0.2) is 0 Å². The standard InChI is InChI=1S/C11H10O/c1-3-9-8(2)12-11-7-5-4-6-10(9)11/h3-7H,2H2,1H3/b9-3+. The third-order valence-electron chi connectivity index (χ3n) is 2.00. The zero-order valence-corrected chi connectivity index (χ0v) is 7.00. The number of hydrogen-bond donors (Lipinski definition) is 0. The summed E-state index contributed by atoms with van der Waals surface area (Å²) in [6.45, 7) is 5.82. The Bertz CT molecular complexity index is 505. The van der Waals surface area contributed by atoms with Gasteiger partial charge in [0.2, 0.25) is 0 Å². The molecule has 0 atom stereocenters. The zero-order chi connectivity index (χ0) is 8.55. The first-order chi connectivity index (χ1) is 5.83. The van der Waals surface area contributed by atoms with Crippen LogP contribution in [0.2, 0.25) is 0 Å². The first kappa shape index (κ1) is 7.17. The monoisotopic (exact) mass is 158 g/mol. The molecule has 1 aromatic carbocycles. The molecule has 0 N–H and O–H groups in total. The minimum absolute atomic E-state index is 0.749. The zero-order valence-electron chi connectivity index (χ0n) is 7.00. The van der Waals surface area contributed by atoms with E-state index in [4.69, 9.17) is 4.42 Å². The van der Waals surface area contributed by atoms with Crippen LogP contribution in [0.5, 0.6) is 0 Å². The van der Waals surface area contributed by atoms with Crippen molar-refractivity contribution in [3.8, 4) is 0 Å². The Hall–Kier alpha value is -1.50. The minimum atomic E-state index is 0.749. The topological polar surface area (TPSA) is 13.1 Å². The molecule has 12 heavy (non-hydrogen) atoms. The van der Waals surface area contributed by atoms with Gasteiger partial charge >= 0.3 is 0 Å². The van der Waals surface area contributed by atoms with Crippen molar-refractivity contribution in [2.45, 2.75) is 6.92 Å². The minimum Gasteiger partial charge on any atom is -0.457 e. The van der Waals surface area contributed by atoms with Crippen LogP contribution < -0.4 is 10.6 Å². The molecule has 2 aromatic rings.